The van der Waals surface area contributed by atoms with E-state index in [1.165, 1.54) is 6.07 Å². The average Bonchev–Trinajstić information content (AvgIpc) is 3.15. The second-order valence-electron chi connectivity index (χ2n) is 7.06. The second kappa shape index (κ2) is 7.54. The van der Waals surface area contributed by atoms with Gasteiger partial charge in [-0.25, -0.2) is 4.39 Å². The van der Waals surface area contributed by atoms with Crippen molar-refractivity contribution >= 4 is 16.8 Å². The molecule has 0 aliphatic carbocycles. The molecule has 0 saturated carbocycles. The van der Waals surface area contributed by atoms with E-state index in [0.29, 0.717) is 36.1 Å². The first kappa shape index (κ1) is 18.3. The predicted molar refractivity (Wildman–Crippen MR) is 106 cm³/mol. The number of aromatic nitrogens is 1. The summed E-state index contributed by atoms with van der Waals surface area (Å²) in [6.07, 6.45) is 1.69. The van der Waals surface area contributed by atoms with Crippen LogP contribution in [-0.4, -0.2) is 43.1 Å². The normalized spacial score (nSPS) is 15.0. The lowest BCUT2D eigenvalue weighted by Crippen LogP contribution is -2.38. The van der Waals surface area contributed by atoms with Crippen LogP contribution in [0.25, 0.3) is 10.9 Å². The van der Waals surface area contributed by atoms with Gasteiger partial charge in [0, 0.05) is 35.6 Å². The largest absolute Gasteiger partial charge is 0.496 e. The summed E-state index contributed by atoms with van der Waals surface area (Å²) >= 11 is 0. The molecule has 146 valence electrons. The Labute approximate surface area is 163 Å². The van der Waals surface area contributed by atoms with E-state index in [2.05, 4.69) is 4.98 Å². The van der Waals surface area contributed by atoms with Crippen LogP contribution in [0, 0.1) is 5.82 Å². The number of fused-ring (bicyclic) bond motifs is 1. The molecule has 0 spiro atoms. The van der Waals surface area contributed by atoms with Crippen molar-refractivity contribution < 1.29 is 18.7 Å². The van der Waals surface area contributed by atoms with E-state index in [0.717, 1.165) is 29.4 Å². The third-order valence-corrected chi connectivity index (χ3v) is 5.47. The monoisotopic (exact) mass is 382 g/mol. The number of carbonyl (C=O) groups is 1. The van der Waals surface area contributed by atoms with Gasteiger partial charge in [0.1, 0.15) is 22.9 Å². The number of benzene rings is 2. The first-order valence-corrected chi connectivity index (χ1v) is 9.39. The van der Waals surface area contributed by atoms with E-state index in [-0.39, 0.29) is 11.7 Å². The molecule has 2 aromatic carbocycles. The second-order valence-corrected chi connectivity index (χ2v) is 7.06. The lowest BCUT2D eigenvalue weighted by molar-refractivity contribution is 0.0705. The number of piperidine rings is 1. The number of rotatable bonds is 4. The number of halogens is 1. The van der Waals surface area contributed by atoms with Crippen molar-refractivity contribution in [3.05, 3.63) is 59.5 Å². The highest BCUT2D eigenvalue weighted by Gasteiger charge is 2.29. The average molecular weight is 382 g/mol. The summed E-state index contributed by atoms with van der Waals surface area (Å²) < 4.78 is 24.2. The molecule has 1 N–H and O–H groups in total. The Morgan fingerprint density at radius 2 is 1.75 bits per heavy atom. The minimum Gasteiger partial charge on any atom is -0.496 e. The Kier molecular flexibility index (Phi) is 4.94. The molecule has 1 aromatic heterocycles. The summed E-state index contributed by atoms with van der Waals surface area (Å²) in [7, 11) is 3.10. The van der Waals surface area contributed by atoms with Gasteiger partial charge in [0.05, 0.1) is 14.2 Å². The summed E-state index contributed by atoms with van der Waals surface area (Å²) in [5.41, 5.74) is 2.50. The lowest BCUT2D eigenvalue weighted by atomic mass is 9.93. The fraction of sp³-hybridized carbons (Fsp3) is 0.318. The van der Waals surface area contributed by atoms with E-state index >= 15 is 0 Å². The van der Waals surface area contributed by atoms with Crippen molar-refractivity contribution in [1.29, 1.82) is 0 Å². The van der Waals surface area contributed by atoms with Crippen LogP contribution in [0.4, 0.5) is 4.39 Å². The van der Waals surface area contributed by atoms with Gasteiger partial charge < -0.3 is 19.4 Å². The van der Waals surface area contributed by atoms with E-state index in [1.807, 2.05) is 11.0 Å². The van der Waals surface area contributed by atoms with E-state index < -0.39 is 0 Å². The number of nitrogens with zero attached hydrogens (tertiary/aromatic N) is 1. The molecule has 0 unspecified atom stereocenters. The zero-order valence-electron chi connectivity index (χ0n) is 16.0. The Hall–Kier alpha value is -3.02. The van der Waals surface area contributed by atoms with Crippen molar-refractivity contribution in [2.75, 3.05) is 27.3 Å². The molecule has 0 atom stereocenters. The first-order valence-electron chi connectivity index (χ1n) is 9.39. The molecular weight excluding hydrogens is 359 g/mol. The molecule has 1 fully saturated rings. The maximum atomic E-state index is 13.4. The SMILES string of the molecule is COc1cccc(OC)c1C(=O)N1CCC(c2cc3cc(F)ccc3[nH]2)CC1. The van der Waals surface area contributed by atoms with Crippen LogP contribution < -0.4 is 9.47 Å². The van der Waals surface area contributed by atoms with Crippen molar-refractivity contribution in [2.45, 2.75) is 18.8 Å². The number of H-pyrrole nitrogens is 1. The fourth-order valence-corrected chi connectivity index (χ4v) is 3.96. The number of amides is 1. The minimum atomic E-state index is -0.232. The first-order chi connectivity index (χ1) is 13.6. The highest BCUT2D eigenvalue weighted by atomic mass is 19.1. The summed E-state index contributed by atoms with van der Waals surface area (Å²) in [5, 5.41) is 0.882. The van der Waals surface area contributed by atoms with Gasteiger partial charge in [0.25, 0.3) is 5.91 Å². The highest BCUT2D eigenvalue weighted by Crippen LogP contribution is 2.34. The summed E-state index contributed by atoms with van der Waals surface area (Å²) in [6, 6.07) is 12.1. The van der Waals surface area contributed by atoms with Gasteiger partial charge in [-0.1, -0.05) is 6.07 Å². The third-order valence-electron chi connectivity index (χ3n) is 5.47. The van der Waals surface area contributed by atoms with Crippen molar-refractivity contribution in [2.24, 2.45) is 0 Å². The van der Waals surface area contributed by atoms with Crippen LogP contribution in [-0.2, 0) is 0 Å². The van der Waals surface area contributed by atoms with Crippen molar-refractivity contribution in [3.8, 4) is 11.5 Å². The van der Waals surface area contributed by atoms with Crippen LogP contribution in [0.15, 0.2) is 42.5 Å². The fourth-order valence-electron chi connectivity index (χ4n) is 3.96. The molecular formula is C22H23FN2O3. The van der Waals surface area contributed by atoms with Gasteiger partial charge in [-0.2, -0.15) is 0 Å². The van der Waals surface area contributed by atoms with Gasteiger partial charge in [-0.15, -0.1) is 0 Å². The van der Waals surface area contributed by atoms with Crippen LogP contribution >= 0.6 is 0 Å². The van der Waals surface area contributed by atoms with E-state index in [4.69, 9.17) is 9.47 Å². The molecule has 1 aliphatic heterocycles. The number of ether oxygens (including phenoxy) is 2. The number of nitrogens with one attached hydrogen (secondary N) is 1. The molecule has 6 heteroatoms. The number of methoxy groups -OCH3 is 2. The lowest BCUT2D eigenvalue weighted by Gasteiger charge is -2.32. The summed E-state index contributed by atoms with van der Waals surface area (Å²) in [5.74, 6) is 1.04. The zero-order chi connectivity index (χ0) is 19.7. The van der Waals surface area contributed by atoms with Crippen molar-refractivity contribution in [1.82, 2.24) is 9.88 Å². The molecule has 3 aromatic rings. The maximum absolute atomic E-state index is 13.4. The van der Waals surface area contributed by atoms with Gasteiger partial charge in [0.2, 0.25) is 0 Å². The molecule has 1 amide bonds. The number of aromatic amines is 1. The smallest absolute Gasteiger partial charge is 0.261 e. The van der Waals surface area contributed by atoms with Gasteiger partial charge in [-0.3, -0.25) is 4.79 Å². The van der Waals surface area contributed by atoms with Crippen LogP contribution in [0.2, 0.25) is 0 Å². The molecule has 1 saturated heterocycles. The van der Waals surface area contributed by atoms with Crippen LogP contribution in [0.3, 0.4) is 0 Å². The topological polar surface area (TPSA) is 54.6 Å². The van der Waals surface area contributed by atoms with E-state index in [9.17, 15) is 9.18 Å². The van der Waals surface area contributed by atoms with Gasteiger partial charge in [-0.05, 0) is 49.2 Å². The molecule has 0 radical (unpaired) electrons. The predicted octanol–water partition coefficient (Wildman–Crippen LogP) is 4.34. The highest BCUT2D eigenvalue weighted by molar-refractivity contribution is 5.99. The zero-order valence-corrected chi connectivity index (χ0v) is 16.0. The van der Waals surface area contributed by atoms with Gasteiger partial charge in [0.15, 0.2) is 0 Å². The minimum absolute atomic E-state index is 0.0773. The summed E-state index contributed by atoms with van der Waals surface area (Å²) in [4.78, 5) is 18.3. The Bertz CT molecular complexity index is 984. The summed E-state index contributed by atoms with van der Waals surface area (Å²) in [6.45, 7) is 1.29. The molecule has 28 heavy (non-hydrogen) atoms. The Balaban J connectivity index is 1.50. The standard InChI is InChI=1S/C22H23FN2O3/c1-27-19-4-3-5-20(28-2)21(19)22(26)25-10-8-14(9-11-25)18-13-15-12-16(23)6-7-17(15)24-18/h3-7,12-14,24H,8-11H2,1-2H3. The molecule has 2 heterocycles. The Morgan fingerprint density at radius 1 is 1.07 bits per heavy atom. The Morgan fingerprint density at radius 3 is 2.39 bits per heavy atom. The van der Waals surface area contributed by atoms with Crippen LogP contribution in [0.5, 0.6) is 11.5 Å². The molecule has 5 nitrogen and oxygen atoms in total. The van der Waals surface area contributed by atoms with Crippen LogP contribution in [0.1, 0.15) is 34.8 Å². The third kappa shape index (κ3) is 3.30. The molecule has 1 aliphatic rings. The molecule has 0 bridgehead atoms. The number of carbonyl (C=O) groups excluding carboxylic acids is 1. The maximum Gasteiger partial charge on any atom is 0.261 e. The van der Waals surface area contributed by atoms with Gasteiger partial charge >= 0.3 is 0 Å². The quantitative estimate of drug-likeness (QED) is 0.730. The number of likely N-dealkylation sites (tertiary alicyclic amines) is 1. The van der Waals surface area contributed by atoms with E-state index in [1.54, 1.807) is 44.6 Å². The number of hydrogen-bond acceptors (Lipinski definition) is 3. The number of hydrogen-bond donors (Lipinski definition) is 1. The van der Waals surface area contributed by atoms with Crippen molar-refractivity contribution in [3.63, 3.8) is 0 Å². The molecule has 4 rings (SSSR count).